The Kier molecular flexibility index (Phi) is 8.09. The molecule has 6 rings (SSSR count). The number of aliphatic hydroxyl groups excluding tert-OH is 4. The van der Waals surface area contributed by atoms with Gasteiger partial charge in [0, 0.05) is 23.1 Å². The van der Waals surface area contributed by atoms with Crippen LogP contribution in [-0.2, 0) is 4.74 Å². The molecule has 0 bridgehead atoms. The molecule has 1 aliphatic rings. The molecule has 0 saturated carbocycles. The summed E-state index contributed by atoms with van der Waals surface area (Å²) < 4.78 is 22.6. The molecule has 1 aromatic heterocycles. The third kappa shape index (κ3) is 4.93. The molecule has 1 fully saturated rings. The zero-order valence-corrected chi connectivity index (χ0v) is 26.0. The van der Waals surface area contributed by atoms with Gasteiger partial charge in [0.2, 0.25) is 6.29 Å². The summed E-state index contributed by atoms with van der Waals surface area (Å²) in [5, 5.41) is 86.1. The average molecular weight is 665 g/mol. The molecule has 1 aliphatic heterocycles. The molecular formula is C34H32O14. The van der Waals surface area contributed by atoms with Crippen LogP contribution < -0.4 is 14.9 Å². The van der Waals surface area contributed by atoms with Crippen LogP contribution in [0.2, 0.25) is 0 Å². The quantitative estimate of drug-likeness (QED) is 0.0962. The number of Topliss-reactive ketones (excluding diaryl/α,β-unsaturated/α-hetero) is 1. The molecule has 14 nitrogen and oxygen atoms in total. The van der Waals surface area contributed by atoms with Crippen LogP contribution in [0.4, 0.5) is 0 Å². The number of phenolic OH excluding ortho intramolecular Hbond substituents is 4. The van der Waals surface area contributed by atoms with Crippen LogP contribution >= 0.6 is 0 Å². The van der Waals surface area contributed by atoms with E-state index >= 15 is 0 Å². The normalized spacial score (nSPS) is 21.2. The minimum atomic E-state index is -1.86. The van der Waals surface area contributed by atoms with Crippen LogP contribution in [0, 0.1) is 13.8 Å². The van der Waals surface area contributed by atoms with Crippen molar-refractivity contribution >= 4 is 38.3 Å². The standard InChI is InChI=1S/C34H32O14/c1-11-5-17(38)26-19(46-11)7-14-6-18(45-4)27(31(42)24(14)30(26)41)23-12(2)22(13(3)36)29(40)25-16(23)8-15(37)9-20(25)47-34-33(44)32(43)28(39)21(10-35)48-34/h5-9,21,28,32-35,37,39-44H,10H2,1-4H3. The lowest BCUT2D eigenvalue weighted by atomic mass is 9.86. The molecule has 0 amide bonds. The number of phenols is 4. The summed E-state index contributed by atoms with van der Waals surface area (Å²) in [5.74, 6) is -2.84. The van der Waals surface area contributed by atoms with Crippen molar-refractivity contribution in [1.29, 1.82) is 0 Å². The SMILES string of the molecule is COc1cc2cc3oc(C)cc(=O)c3c(O)c2c(O)c1-c1c(C)c(C(C)=O)c(O)c2c(OC3OC(CO)C(O)C(O)C3O)cc(O)cc12. The fourth-order valence-electron chi connectivity index (χ4n) is 6.47. The highest BCUT2D eigenvalue weighted by atomic mass is 16.7. The lowest BCUT2D eigenvalue weighted by Crippen LogP contribution is -2.60. The molecule has 1 saturated heterocycles. The molecule has 48 heavy (non-hydrogen) atoms. The largest absolute Gasteiger partial charge is 0.508 e. The Hall–Kier alpha value is -5.12. The van der Waals surface area contributed by atoms with Crippen LogP contribution in [-0.4, -0.2) is 91.1 Å². The fraction of sp³-hybridized carbons (Fsp3) is 0.294. The zero-order chi connectivity index (χ0) is 34.9. The predicted molar refractivity (Wildman–Crippen MR) is 170 cm³/mol. The first-order chi connectivity index (χ1) is 22.7. The lowest BCUT2D eigenvalue weighted by molar-refractivity contribution is -0.277. The van der Waals surface area contributed by atoms with Crippen molar-refractivity contribution in [2.24, 2.45) is 0 Å². The lowest BCUT2D eigenvalue weighted by Gasteiger charge is -2.39. The van der Waals surface area contributed by atoms with Crippen molar-refractivity contribution in [2.75, 3.05) is 13.7 Å². The van der Waals surface area contributed by atoms with Gasteiger partial charge in [-0.3, -0.25) is 9.59 Å². The summed E-state index contributed by atoms with van der Waals surface area (Å²) in [4.78, 5) is 25.9. The highest BCUT2D eigenvalue weighted by Crippen LogP contribution is 2.54. The number of hydrogen-bond donors (Lipinski definition) is 8. The van der Waals surface area contributed by atoms with E-state index in [4.69, 9.17) is 18.6 Å². The number of rotatable bonds is 6. The predicted octanol–water partition coefficient (Wildman–Crippen LogP) is 2.60. The number of fused-ring (bicyclic) bond motifs is 3. The Morgan fingerprint density at radius 2 is 1.54 bits per heavy atom. The van der Waals surface area contributed by atoms with Crippen LogP contribution in [0.5, 0.6) is 34.5 Å². The van der Waals surface area contributed by atoms with Gasteiger partial charge in [-0.15, -0.1) is 0 Å². The summed E-state index contributed by atoms with van der Waals surface area (Å²) in [6.07, 6.45) is -8.43. The number of ketones is 1. The molecule has 8 N–H and O–H groups in total. The van der Waals surface area contributed by atoms with Crippen LogP contribution in [0.15, 0.2) is 39.5 Å². The molecule has 0 spiro atoms. The Labute approximate surface area is 270 Å². The Morgan fingerprint density at radius 3 is 2.19 bits per heavy atom. The number of aryl methyl sites for hydroxylation is 1. The number of methoxy groups -OCH3 is 1. The number of carbonyl (C=O) groups excluding carboxylic acids is 1. The second kappa shape index (κ2) is 11.8. The first-order valence-electron chi connectivity index (χ1n) is 14.7. The van der Waals surface area contributed by atoms with E-state index in [0.717, 1.165) is 6.07 Å². The molecule has 252 valence electrons. The van der Waals surface area contributed by atoms with Gasteiger partial charge in [0.1, 0.15) is 75.6 Å². The first-order valence-corrected chi connectivity index (χ1v) is 14.7. The summed E-state index contributed by atoms with van der Waals surface area (Å²) in [7, 11) is 1.31. The van der Waals surface area contributed by atoms with E-state index < -0.39 is 71.5 Å². The van der Waals surface area contributed by atoms with Crippen LogP contribution in [0.3, 0.4) is 0 Å². The van der Waals surface area contributed by atoms with Crippen molar-refractivity contribution in [3.05, 3.63) is 57.4 Å². The minimum absolute atomic E-state index is 0.00189. The van der Waals surface area contributed by atoms with Crippen LogP contribution in [0.1, 0.15) is 28.6 Å². The number of hydrogen-bond acceptors (Lipinski definition) is 14. The highest BCUT2D eigenvalue weighted by molar-refractivity contribution is 6.17. The molecule has 14 heteroatoms. The third-order valence-electron chi connectivity index (χ3n) is 8.65. The Balaban J connectivity index is 1.70. The molecule has 5 atom stereocenters. The van der Waals surface area contributed by atoms with Gasteiger partial charge in [-0.2, -0.15) is 0 Å². The fourth-order valence-corrected chi connectivity index (χ4v) is 6.47. The van der Waals surface area contributed by atoms with Gasteiger partial charge in [0.25, 0.3) is 0 Å². The molecule has 4 aromatic carbocycles. The number of carbonyl (C=O) groups is 1. The van der Waals surface area contributed by atoms with Gasteiger partial charge >= 0.3 is 0 Å². The van der Waals surface area contributed by atoms with Gasteiger partial charge in [-0.25, -0.2) is 0 Å². The van der Waals surface area contributed by atoms with Crippen molar-refractivity contribution in [1.82, 2.24) is 0 Å². The van der Waals surface area contributed by atoms with Gasteiger partial charge in [-0.1, -0.05) is 0 Å². The van der Waals surface area contributed by atoms with Gasteiger partial charge < -0.3 is 59.5 Å². The van der Waals surface area contributed by atoms with Crippen molar-refractivity contribution < 1.29 is 64.3 Å². The van der Waals surface area contributed by atoms with E-state index in [-0.39, 0.29) is 66.3 Å². The van der Waals surface area contributed by atoms with E-state index in [2.05, 4.69) is 0 Å². The maximum atomic E-state index is 13.0. The van der Waals surface area contributed by atoms with Crippen LogP contribution in [0.25, 0.3) is 43.6 Å². The second-order valence-electron chi connectivity index (χ2n) is 11.7. The van der Waals surface area contributed by atoms with E-state index in [1.807, 2.05) is 0 Å². The monoisotopic (exact) mass is 664 g/mol. The molecule has 0 aliphatic carbocycles. The third-order valence-corrected chi connectivity index (χ3v) is 8.65. The number of benzene rings is 4. The van der Waals surface area contributed by atoms with Gasteiger partial charge in [0.15, 0.2) is 11.2 Å². The van der Waals surface area contributed by atoms with E-state index in [0.29, 0.717) is 5.76 Å². The number of aromatic hydroxyl groups is 4. The molecule has 5 aromatic rings. The summed E-state index contributed by atoms with van der Waals surface area (Å²) >= 11 is 0. The molecular weight excluding hydrogens is 632 g/mol. The van der Waals surface area contributed by atoms with Crippen molar-refractivity contribution in [3.63, 3.8) is 0 Å². The Bertz CT molecular complexity index is 2200. The van der Waals surface area contributed by atoms with E-state index in [1.165, 1.54) is 45.2 Å². The van der Waals surface area contributed by atoms with Gasteiger partial charge in [0.05, 0.1) is 35.6 Å². The smallest absolute Gasteiger partial charge is 0.229 e. The van der Waals surface area contributed by atoms with Gasteiger partial charge in [-0.05, 0) is 49.9 Å². The summed E-state index contributed by atoms with van der Waals surface area (Å²) in [6, 6.07) is 6.36. The Morgan fingerprint density at radius 1 is 0.833 bits per heavy atom. The molecule has 2 heterocycles. The number of ether oxygens (including phenoxy) is 3. The summed E-state index contributed by atoms with van der Waals surface area (Å²) in [5.41, 5.74) is -0.638. The van der Waals surface area contributed by atoms with Crippen molar-refractivity contribution in [3.8, 4) is 45.6 Å². The maximum absolute atomic E-state index is 13.0. The molecule has 5 unspecified atom stereocenters. The average Bonchev–Trinajstić information content (AvgIpc) is 3.01. The minimum Gasteiger partial charge on any atom is -0.508 e. The summed E-state index contributed by atoms with van der Waals surface area (Å²) in [6.45, 7) is 3.49. The second-order valence-corrected chi connectivity index (χ2v) is 11.7. The van der Waals surface area contributed by atoms with Crippen molar-refractivity contribution in [2.45, 2.75) is 51.5 Å². The highest BCUT2D eigenvalue weighted by Gasteiger charge is 2.45. The van der Waals surface area contributed by atoms with E-state index in [9.17, 15) is 50.4 Å². The van der Waals surface area contributed by atoms with E-state index in [1.54, 1.807) is 6.92 Å². The topological polar surface area (TPSA) is 237 Å². The first kappa shape index (κ1) is 32.8. The zero-order valence-electron chi connectivity index (χ0n) is 26.0. The maximum Gasteiger partial charge on any atom is 0.229 e. The number of aliphatic hydroxyl groups is 4. The molecule has 0 radical (unpaired) electrons.